The molecule has 1 aliphatic rings. The average Bonchev–Trinajstić information content (AvgIpc) is 2.63. The number of β-amino-alcohol motifs (C(OH)–C–C–N with tert-alkyl or cyclic N) is 1. The molecule has 1 aromatic carbocycles. The van der Waals surface area contributed by atoms with Gasteiger partial charge in [0, 0.05) is 13.1 Å². The van der Waals surface area contributed by atoms with Crippen molar-refractivity contribution in [2.45, 2.75) is 12.5 Å². The highest BCUT2D eigenvalue weighted by Gasteiger charge is 2.27. The topological polar surface area (TPSA) is 66.6 Å². The van der Waals surface area contributed by atoms with Gasteiger partial charge in [-0.15, -0.1) is 0 Å². The van der Waals surface area contributed by atoms with Crippen LogP contribution in [0.3, 0.4) is 0 Å². The van der Waals surface area contributed by atoms with E-state index in [0.29, 0.717) is 25.1 Å². The quantitative estimate of drug-likeness (QED) is 0.631. The Bertz CT molecular complexity index is 444. The van der Waals surface area contributed by atoms with Gasteiger partial charge >= 0.3 is 0 Å². The van der Waals surface area contributed by atoms with Crippen molar-refractivity contribution >= 4 is 11.4 Å². The lowest BCUT2D eigenvalue weighted by Gasteiger charge is -2.18. The van der Waals surface area contributed by atoms with Crippen LogP contribution in [0.2, 0.25) is 0 Å². The number of nitro benzene ring substituents is 1. The van der Waals surface area contributed by atoms with Gasteiger partial charge in [0.25, 0.3) is 5.69 Å². The molecule has 0 unspecified atom stereocenters. The van der Waals surface area contributed by atoms with E-state index in [2.05, 4.69) is 0 Å². The molecule has 1 aromatic rings. The van der Waals surface area contributed by atoms with Gasteiger partial charge in [0.2, 0.25) is 0 Å². The number of halogens is 2. The van der Waals surface area contributed by atoms with E-state index < -0.39 is 28.3 Å². The molecule has 0 aromatic heterocycles. The molecule has 0 saturated carbocycles. The summed E-state index contributed by atoms with van der Waals surface area (Å²) in [5.74, 6) is -1.96. The molecule has 1 atom stereocenters. The first kappa shape index (κ1) is 11.7. The first-order valence-corrected chi connectivity index (χ1v) is 5.05. The fraction of sp³-hybridized carbons (Fsp3) is 0.400. The fourth-order valence-electron chi connectivity index (χ4n) is 1.90. The minimum atomic E-state index is -0.981. The Kier molecular flexibility index (Phi) is 2.93. The Morgan fingerprint density at radius 3 is 2.41 bits per heavy atom. The fourth-order valence-corrected chi connectivity index (χ4v) is 1.90. The highest BCUT2D eigenvalue weighted by Crippen LogP contribution is 2.30. The second kappa shape index (κ2) is 4.25. The molecule has 1 aliphatic heterocycles. The normalized spacial score (nSPS) is 19.7. The number of rotatable bonds is 2. The van der Waals surface area contributed by atoms with Crippen molar-refractivity contribution in [2.24, 2.45) is 0 Å². The summed E-state index contributed by atoms with van der Waals surface area (Å²) < 4.78 is 27.2. The number of anilines is 1. The van der Waals surface area contributed by atoms with Gasteiger partial charge in [-0.05, 0) is 6.42 Å². The molecule has 7 heteroatoms. The van der Waals surface area contributed by atoms with E-state index in [1.54, 1.807) is 0 Å². The molecule has 0 spiro atoms. The number of aliphatic hydroxyl groups excluding tert-OH is 1. The van der Waals surface area contributed by atoms with Crippen molar-refractivity contribution in [1.82, 2.24) is 0 Å². The number of hydrogen-bond acceptors (Lipinski definition) is 4. The average molecular weight is 244 g/mol. The van der Waals surface area contributed by atoms with Gasteiger partial charge in [-0.2, -0.15) is 0 Å². The van der Waals surface area contributed by atoms with Gasteiger partial charge in [-0.3, -0.25) is 10.1 Å². The Morgan fingerprint density at radius 1 is 1.41 bits per heavy atom. The van der Waals surface area contributed by atoms with Crippen LogP contribution in [0.1, 0.15) is 6.42 Å². The molecule has 1 saturated heterocycles. The van der Waals surface area contributed by atoms with Crippen molar-refractivity contribution in [1.29, 1.82) is 0 Å². The largest absolute Gasteiger partial charge is 0.391 e. The smallest absolute Gasteiger partial charge is 0.275 e. The first-order chi connectivity index (χ1) is 7.99. The van der Waals surface area contributed by atoms with Crippen LogP contribution in [0.25, 0.3) is 0 Å². The summed E-state index contributed by atoms with van der Waals surface area (Å²) in [5, 5.41) is 19.7. The zero-order chi connectivity index (χ0) is 12.6. The van der Waals surface area contributed by atoms with Gasteiger partial charge in [-0.25, -0.2) is 8.78 Å². The number of nitrogens with zero attached hydrogens (tertiary/aromatic N) is 2. The van der Waals surface area contributed by atoms with Crippen molar-refractivity contribution in [3.63, 3.8) is 0 Å². The van der Waals surface area contributed by atoms with E-state index in [-0.39, 0.29) is 12.2 Å². The van der Waals surface area contributed by atoms with E-state index in [1.165, 1.54) is 4.90 Å². The summed E-state index contributed by atoms with van der Waals surface area (Å²) in [4.78, 5) is 10.9. The standard InChI is InChI=1S/C10H10F2N2O3/c11-8-3-6(14(16)17)4-9(12)10(8)13-2-1-7(15)5-13/h3-4,7,15H,1-2,5H2/t7-/m0/s1. The maximum atomic E-state index is 13.6. The molecule has 1 heterocycles. The molecule has 92 valence electrons. The third-order valence-electron chi connectivity index (χ3n) is 2.69. The summed E-state index contributed by atoms with van der Waals surface area (Å²) in [6.07, 6.45) is -0.195. The Balaban J connectivity index is 2.38. The van der Waals surface area contributed by atoms with Gasteiger partial charge in [0.05, 0.1) is 23.2 Å². The summed E-state index contributed by atoms with van der Waals surface area (Å²) in [6, 6.07) is 1.37. The summed E-state index contributed by atoms with van der Waals surface area (Å²) in [7, 11) is 0. The third-order valence-corrected chi connectivity index (χ3v) is 2.69. The number of benzene rings is 1. The first-order valence-electron chi connectivity index (χ1n) is 5.05. The summed E-state index contributed by atoms with van der Waals surface area (Å²) in [5.41, 5.74) is -0.935. The molecule has 5 nitrogen and oxygen atoms in total. The predicted octanol–water partition coefficient (Wildman–Crippen LogP) is 1.44. The van der Waals surface area contributed by atoms with E-state index >= 15 is 0 Å². The lowest BCUT2D eigenvalue weighted by Crippen LogP contribution is -2.23. The van der Waals surface area contributed by atoms with Crippen LogP contribution in [0.5, 0.6) is 0 Å². The maximum absolute atomic E-state index is 13.6. The van der Waals surface area contributed by atoms with Crippen molar-refractivity contribution in [3.05, 3.63) is 33.9 Å². The molecule has 0 amide bonds. The van der Waals surface area contributed by atoms with E-state index in [9.17, 15) is 24.0 Å². The Morgan fingerprint density at radius 2 is 2.00 bits per heavy atom. The van der Waals surface area contributed by atoms with Crippen LogP contribution < -0.4 is 4.90 Å². The van der Waals surface area contributed by atoms with Crippen LogP contribution in [-0.2, 0) is 0 Å². The molecule has 0 radical (unpaired) electrons. The number of nitro groups is 1. The van der Waals surface area contributed by atoms with Crippen LogP contribution in [-0.4, -0.2) is 29.2 Å². The highest BCUT2D eigenvalue weighted by molar-refractivity contribution is 5.54. The molecular weight excluding hydrogens is 234 g/mol. The van der Waals surface area contributed by atoms with Crippen LogP contribution >= 0.6 is 0 Å². The second-order valence-electron chi connectivity index (χ2n) is 3.90. The summed E-state index contributed by atoms with van der Waals surface area (Å²) in [6.45, 7) is 0.457. The molecule has 17 heavy (non-hydrogen) atoms. The number of aliphatic hydroxyl groups is 1. The molecule has 1 fully saturated rings. The zero-order valence-corrected chi connectivity index (χ0v) is 8.77. The number of hydrogen-bond donors (Lipinski definition) is 1. The number of non-ortho nitro benzene ring substituents is 1. The third kappa shape index (κ3) is 2.19. The van der Waals surface area contributed by atoms with Gasteiger partial charge in [0.15, 0.2) is 11.6 Å². The van der Waals surface area contributed by atoms with Gasteiger partial charge < -0.3 is 10.0 Å². The van der Waals surface area contributed by atoms with Crippen molar-refractivity contribution in [3.8, 4) is 0 Å². The van der Waals surface area contributed by atoms with Gasteiger partial charge in [-0.1, -0.05) is 0 Å². The SMILES string of the molecule is O=[N+]([O-])c1cc(F)c(N2CC[C@H](O)C2)c(F)c1. The summed E-state index contributed by atoms with van der Waals surface area (Å²) >= 11 is 0. The molecule has 0 bridgehead atoms. The van der Waals surface area contributed by atoms with Crippen LogP contribution in [0.15, 0.2) is 12.1 Å². The maximum Gasteiger partial charge on any atom is 0.275 e. The van der Waals surface area contributed by atoms with Crippen LogP contribution in [0, 0.1) is 21.7 Å². The Hall–Kier alpha value is -1.76. The predicted molar refractivity (Wildman–Crippen MR) is 55.8 cm³/mol. The molecule has 2 rings (SSSR count). The zero-order valence-electron chi connectivity index (χ0n) is 8.77. The Labute approximate surface area is 95.4 Å². The molecule has 0 aliphatic carbocycles. The second-order valence-corrected chi connectivity index (χ2v) is 3.90. The van der Waals surface area contributed by atoms with Crippen molar-refractivity contribution < 1.29 is 18.8 Å². The lowest BCUT2D eigenvalue weighted by molar-refractivity contribution is -0.385. The van der Waals surface area contributed by atoms with Gasteiger partial charge in [0.1, 0.15) is 5.69 Å². The lowest BCUT2D eigenvalue weighted by atomic mass is 10.2. The van der Waals surface area contributed by atoms with Crippen LogP contribution in [0.4, 0.5) is 20.2 Å². The van der Waals surface area contributed by atoms with Crippen molar-refractivity contribution in [2.75, 3.05) is 18.0 Å². The minimum Gasteiger partial charge on any atom is -0.391 e. The molecular formula is C10H10F2N2O3. The van der Waals surface area contributed by atoms with E-state index in [1.807, 2.05) is 0 Å². The highest BCUT2D eigenvalue weighted by atomic mass is 19.1. The van der Waals surface area contributed by atoms with E-state index in [0.717, 1.165) is 0 Å². The monoisotopic (exact) mass is 244 g/mol. The minimum absolute atomic E-state index is 0.131. The van der Waals surface area contributed by atoms with E-state index in [4.69, 9.17) is 0 Å². The molecule has 1 N–H and O–H groups in total.